The fourth-order valence-electron chi connectivity index (χ4n) is 2.49. The van der Waals surface area contributed by atoms with E-state index in [0.29, 0.717) is 11.3 Å². The van der Waals surface area contributed by atoms with Crippen LogP contribution in [0.25, 0.3) is 0 Å². The van der Waals surface area contributed by atoms with Crippen LogP contribution in [0, 0.1) is 0 Å². The van der Waals surface area contributed by atoms with E-state index in [2.05, 4.69) is 10.5 Å². The van der Waals surface area contributed by atoms with Crippen molar-refractivity contribution in [3.63, 3.8) is 0 Å². The summed E-state index contributed by atoms with van der Waals surface area (Å²) in [7, 11) is 0. The SMILES string of the molecule is O=C(O)CN1C(=O)/C(=N/NC(=O)c2ccccc2O)c2ccccc21. The third-order valence-electron chi connectivity index (χ3n) is 3.61. The Labute approximate surface area is 142 Å². The summed E-state index contributed by atoms with van der Waals surface area (Å²) in [4.78, 5) is 36.6. The molecule has 8 heteroatoms. The number of carbonyl (C=O) groups excluding carboxylic acids is 2. The molecule has 0 saturated heterocycles. The Morgan fingerprint density at radius 1 is 1.08 bits per heavy atom. The number of phenols is 1. The van der Waals surface area contributed by atoms with Crippen LogP contribution in [0.2, 0.25) is 0 Å². The Morgan fingerprint density at radius 2 is 1.76 bits per heavy atom. The minimum atomic E-state index is -1.16. The van der Waals surface area contributed by atoms with Crippen LogP contribution in [-0.2, 0) is 9.59 Å². The van der Waals surface area contributed by atoms with Gasteiger partial charge in [-0.1, -0.05) is 30.3 Å². The molecule has 0 bridgehead atoms. The Bertz CT molecular complexity index is 907. The highest BCUT2D eigenvalue weighted by Gasteiger charge is 2.35. The third-order valence-corrected chi connectivity index (χ3v) is 3.61. The molecule has 0 radical (unpaired) electrons. The first-order chi connectivity index (χ1) is 12.0. The van der Waals surface area contributed by atoms with Crippen molar-refractivity contribution in [2.24, 2.45) is 5.10 Å². The molecule has 2 aromatic carbocycles. The number of para-hydroxylation sites is 2. The molecule has 2 aromatic rings. The van der Waals surface area contributed by atoms with Gasteiger partial charge in [0.05, 0.1) is 11.3 Å². The highest BCUT2D eigenvalue weighted by atomic mass is 16.4. The van der Waals surface area contributed by atoms with Crippen LogP contribution < -0.4 is 10.3 Å². The summed E-state index contributed by atoms with van der Waals surface area (Å²) in [6, 6.07) is 12.5. The molecule has 3 N–H and O–H groups in total. The van der Waals surface area contributed by atoms with E-state index in [1.54, 1.807) is 36.4 Å². The summed E-state index contributed by atoms with van der Waals surface area (Å²) in [6.07, 6.45) is 0. The number of amides is 2. The number of aromatic hydroxyl groups is 1. The molecule has 3 rings (SSSR count). The van der Waals surface area contributed by atoms with E-state index in [-0.39, 0.29) is 17.0 Å². The first-order valence-electron chi connectivity index (χ1n) is 7.28. The molecule has 0 saturated carbocycles. The minimum absolute atomic E-state index is 0.00738. The van der Waals surface area contributed by atoms with Crippen LogP contribution in [0.3, 0.4) is 0 Å². The quantitative estimate of drug-likeness (QED) is 0.717. The lowest BCUT2D eigenvalue weighted by Gasteiger charge is -2.13. The van der Waals surface area contributed by atoms with Crippen molar-refractivity contribution in [3.05, 3.63) is 59.7 Å². The first-order valence-corrected chi connectivity index (χ1v) is 7.28. The number of fused-ring (bicyclic) bond motifs is 1. The van der Waals surface area contributed by atoms with Crippen molar-refractivity contribution in [3.8, 4) is 5.75 Å². The van der Waals surface area contributed by atoms with Gasteiger partial charge in [0, 0.05) is 5.56 Å². The molecule has 1 aliphatic rings. The Balaban J connectivity index is 1.90. The van der Waals surface area contributed by atoms with Crippen molar-refractivity contribution in [2.45, 2.75) is 0 Å². The number of anilines is 1. The molecule has 0 atom stereocenters. The van der Waals surface area contributed by atoms with E-state index in [1.807, 2.05) is 0 Å². The Hall–Kier alpha value is -3.68. The number of carboxylic acid groups (broad SMARTS) is 1. The number of nitrogens with zero attached hydrogens (tertiary/aromatic N) is 2. The van der Waals surface area contributed by atoms with Crippen LogP contribution in [0.15, 0.2) is 53.6 Å². The van der Waals surface area contributed by atoms with Crippen molar-refractivity contribution < 1.29 is 24.6 Å². The lowest BCUT2D eigenvalue weighted by molar-refractivity contribution is -0.136. The van der Waals surface area contributed by atoms with E-state index in [0.717, 1.165) is 4.90 Å². The number of hydrogen-bond donors (Lipinski definition) is 3. The summed E-state index contributed by atoms with van der Waals surface area (Å²) in [5.74, 6) is -2.69. The van der Waals surface area contributed by atoms with E-state index < -0.39 is 24.3 Å². The molecule has 0 fully saturated rings. The van der Waals surface area contributed by atoms with Gasteiger partial charge in [0.15, 0.2) is 5.71 Å². The predicted octanol–water partition coefficient (Wildman–Crippen LogP) is 0.958. The van der Waals surface area contributed by atoms with Gasteiger partial charge in [0.1, 0.15) is 12.3 Å². The van der Waals surface area contributed by atoms with Crippen molar-refractivity contribution >= 4 is 29.2 Å². The lowest BCUT2D eigenvalue weighted by atomic mass is 10.1. The highest BCUT2D eigenvalue weighted by Crippen LogP contribution is 2.28. The molecule has 2 amide bonds. The van der Waals surface area contributed by atoms with Gasteiger partial charge in [-0.2, -0.15) is 5.10 Å². The Kier molecular flexibility index (Phi) is 4.17. The molecule has 0 spiro atoms. The minimum Gasteiger partial charge on any atom is -0.507 e. The standard InChI is InChI=1S/C17H13N3O5/c21-13-8-4-2-6-11(13)16(24)19-18-15-10-5-1-3-7-12(10)20(17(15)25)9-14(22)23/h1-8,21H,9H2,(H,19,24)(H,22,23)/b18-15+. The van der Waals surface area contributed by atoms with Gasteiger partial charge in [-0.3, -0.25) is 19.3 Å². The van der Waals surface area contributed by atoms with Crippen LogP contribution >= 0.6 is 0 Å². The molecule has 8 nitrogen and oxygen atoms in total. The number of nitrogens with one attached hydrogen (secondary N) is 1. The molecular weight excluding hydrogens is 326 g/mol. The van der Waals surface area contributed by atoms with Crippen LogP contribution in [-0.4, -0.2) is 40.3 Å². The fourth-order valence-corrected chi connectivity index (χ4v) is 2.49. The lowest BCUT2D eigenvalue weighted by Crippen LogP contribution is -2.35. The topological polar surface area (TPSA) is 119 Å². The summed E-state index contributed by atoms with van der Waals surface area (Å²) < 4.78 is 0. The molecular formula is C17H13N3O5. The normalized spacial score (nSPS) is 14.5. The van der Waals surface area contributed by atoms with Crippen LogP contribution in [0.5, 0.6) is 5.75 Å². The van der Waals surface area contributed by atoms with Gasteiger partial charge in [-0.25, -0.2) is 5.43 Å². The maximum Gasteiger partial charge on any atom is 0.323 e. The molecule has 1 aliphatic heterocycles. The second-order valence-corrected chi connectivity index (χ2v) is 5.22. The maximum atomic E-state index is 12.4. The molecule has 25 heavy (non-hydrogen) atoms. The zero-order chi connectivity index (χ0) is 18.0. The molecule has 1 heterocycles. The number of carboxylic acids is 1. The second-order valence-electron chi connectivity index (χ2n) is 5.22. The number of hydrazone groups is 1. The average molecular weight is 339 g/mol. The smallest absolute Gasteiger partial charge is 0.323 e. The number of benzene rings is 2. The monoisotopic (exact) mass is 339 g/mol. The molecule has 0 unspecified atom stereocenters. The first kappa shape index (κ1) is 16.2. The highest BCUT2D eigenvalue weighted by molar-refractivity contribution is 6.54. The zero-order valence-electron chi connectivity index (χ0n) is 12.8. The van der Waals surface area contributed by atoms with E-state index >= 15 is 0 Å². The largest absolute Gasteiger partial charge is 0.507 e. The number of aliphatic carboxylic acids is 1. The molecule has 126 valence electrons. The van der Waals surface area contributed by atoms with Crippen LogP contribution in [0.4, 0.5) is 5.69 Å². The zero-order valence-corrected chi connectivity index (χ0v) is 12.8. The van der Waals surface area contributed by atoms with Crippen molar-refractivity contribution in [1.29, 1.82) is 0 Å². The van der Waals surface area contributed by atoms with Gasteiger partial charge in [0.2, 0.25) is 0 Å². The van der Waals surface area contributed by atoms with Gasteiger partial charge < -0.3 is 10.2 Å². The predicted molar refractivity (Wildman–Crippen MR) is 88.5 cm³/mol. The number of rotatable bonds is 4. The summed E-state index contributed by atoms with van der Waals surface area (Å²) in [6.45, 7) is -0.512. The van der Waals surface area contributed by atoms with E-state index in [9.17, 15) is 19.5 Å². The average Bonchev–Trinajstić information content (AvgIpc) is 2.85. The second kappa shape index (κ2) is 6.44. The van der Waals surface area contributed by atoms with Crippen LogP contribution in [0.1, 0.15) is 15.9 Å². The van der Waals surface area contributed by atoms with Gasteiger partial charge in [-0.05, 0) is 18.2 Å². The number of hydrogen-bond acceptors (Lipinski definition) is 5. The van der Waals surface area contributed by atoms with Crippen molar-refractivity contribution in [2.75, 3.05) is 11.4 Å². The summed E-state index contributed by atoms with van der Waals surface area (Å²) in [5, 5.41) is 22.5. The fraction of sp³-hybridized carbons (Fsp3) is 0.0588. The third kappa shape index (κ3) is 3.05. The molecule has 0 aromatic heterocycles. The maximum absolute atomic E-state index is 12.4. The van der Waals surface area contributed by atoms with E-state index in [4.69, 9.17) is 5.11 Å². The number of phenolic OH excluding ortho intramolecular Hbond substituents is 1. The summed E-state index contributed by atoms with van der Waals surface area (Å²) in [5.41, 5.74) is 2.99. The van der Waals surface area contributed by atoms with Gasteiger partial charge in [0.25, 0.3) is 11.8 Å². The van der Waals surface area contributed by atoms with E-state index in [1.165, 1.54) is 12.1 Å². The van der Waals surface area contributed by atoms with Crippen molar-refractivity contribution in [1.82, 2.24) is 5.43 Å². The van der Waals surface area contributed by atoms with Gasteiger partial charge >= 0.3 is 5.97 Å². The van der Waals surface area contributed by atoms with Gasteiger partial charge in [-0.15, -0.1) is 0 Å². The Morgan fingerprint density at radius 3 is 2.48 bits per heavy atom. The molecule has 0 aliphatic carbocycles. The number of carbonyl (C=O) groups is 3. The summed E-state index contributed by atoms with van der Waals surface area (Å²) >= 11 is 0.